The number of rotatable bonds is 10. The second-order valence-corrected chi connectivity index (χ2v) is 12.7. The largest absolute Gasteiger partial charge is 0.457 e. The van der Waals surface area contributed by atoms with Crippen molar-refractivity contribution < 1.29 is 27.1 Å². The molecule has 3 aromatic rings. The van der Waals surface area contributed by atoms with Gasteiger partial charge >= 0.3 is 0 Å². The van der Waals surface area contributed by atoms with Crippen LogP contribution in [0.3, 0.4) is 0 Å². The summed E-state index contributed by atoms with van der Waals surface area (Å²) in [6.45, 7) is 3.37. The van der Waals surface area contributed by atoms with Crippen LogP contribution in [0, 0.1) is 5.82 Å². The number of carbonyl (C=O) groups excluding carboxylic acids is 1. The van der Waals surface area contributed by atoms with Crippen molar-refractivity contribution in [2.45, 2.75) is 50.4 Å². The first-order valence-electron chi connectivity index (χ1n) is 14.2. The average Bonchev–Trinajstić information content (AvgIpc) is 2.97. The molecule has 0 spiro atoms. The molecule has 0 aliphatic carbocycles. The van der Waals surface area contributed by atoms with Gasteiger partial charge in [0, 0.05) is 36.6 Å². The number of carbonyl (C=O) groups is 1. The normalized spacial score (nSPS) is 20.1. The molecule has 2 aliphatic rings. The molecule has 0 saturated carbocycles. The summed E-state index contributed by atoms with van der Waals surface area (Å²) in [5.74, 6) is 0.805. The third kappa shape index (κ3) is 8.99. The number of amides is 1. The molecule has 2 unspecified atom stereocenters. The molecular formula is C31H37FN4O5S. The predicted molar refractivity (Wildman–Crippen MR) is 161 cm³/mol. The van der Waals surface area contributed by atoms with E-state index in [4.69, 9.17) is 9.47 Å². The molecule has 2 aliphatic heterocycles. The highest BCUT2D eigenvalue weighted by atomic mass is 32.2. The lowest BCUT2D eigenvalue weighted by Gasteiger charge is -2.37. The molecule has 3 aromatic carbocycles. The Balaban J connectivity index is 1.03. The highest BCUT2D eigenvalue weighted by molar-refractivity contribution is 7.92. The van der Waals surface area contributed by atoms with E-state index in [1.165, 1.54) is 17.7 Å². The Labute approximate surface area is 246 Å². The van der Waals surface area contributed by atoms with Crippen LogP contribution < -0.4 is 20.1 Å². The van der Waals surface area contributed by atoms with Crippen LogP contribution in [-0.2, 0) is 26.1 Å². The van der Waals surface area contributed by atoms with Gasteiger partial charge in [0.15, 0.2) is 0 Å². The Bertz CT molecular complexity index is 1430. The zero-order chi connectivity index (χ0) is 29.5. The Morgan fingerprint density at radius 1 is 0.905 bits per heavy atom. The molecule has 2 atom stereocenters. The Morgan fingerprint density at radius 3 is 2.17 bits per heavy atom. The average molecular weight is 597 g/mol. The maximum Gasteiger partial charge on any atom is 0.253 e. The van der Waals surface area contributed by atoms with Crippen molar-refractivity contribution >= 4 is 27.3 Å². The lowest BCUT2D eigenvalue weighted by molar-refractivity contribution is -0.131. The topological polar surface area (TPSA) is 109 Å². The van der Waals surface area contributed by atoms with Crippen LogP contribution in [0.15, 0.2) is 72.8 Å². The number of likely N-dealkylation sites (tertiary alicyclic amines) is 1. The number of hydrogen-bond acceptors (Lipinski definition) is 7. The quantitative estimate of drug-likeness (QED) is 0.311. The predicted octanol–water partition coefficient (Wildman–Crippen LogP) is 4.73. The first kappa shape index (κ1) is 30.0. The van der Waals surface area contributed by atoms with Gasteiger partial charge in [-0.05, 0) is 105 Å². The van der Waals surface area contributed by atoms with E-state index in [1.807, 2.05) is 12.1 Å². The fraction of sp³-hybridized carbons (Fsp3) is 0.387. The lowest BCUT2D eigenvalue weighted by Crippen LogP contribution is -2.50. The highest BCUT2D eigenvalue weighted by Gasteiger charge is 2.30. The fourth-order valence-corrected chi connectivity index (χ4v) is 5.90. The van der Waals surface area contributed by atoms with Crippen LogP contribution in [0.1, 0.15) is 31.2 Å². The van der Waals surface area contributed by atoms with Crippen molar-refractivity contribution in [1.82, 2.24) is 10.2 Å². The number of nitrogens with one attached hydrogen (secondary N) is 3. The summed E-state index contributed by atoms with van der Waals surface area (Å²) in [5.41, 5.74) is 2.26. The van der Waals surface area contributed by atoms with Gasteiger partial charge in [0.1, 0.15) is 23.4 Å². The molecule has 0 radical (unpaired) electrons. The minimum absolute atomic E-state index is 0.195. The van der Waals surface area contributed by atoms with Crippen LogP contribution in [-0.4, -0.2) is 63.4 Å². The molecule has 42 heavy (non-hydrogen) atoms. The van der Waals surface area contributed by atoms with Gasteiger partial charge in [-0.25, -0.2) is 12.8 Å². The highest BCUT2D eigenvalue weighted by Crippen LogP contribution is 2.25. The molecule has 9 nitrogen and oxygen atoms in total. The van der Waals surface area contributed by atoms with E-state index in [9.17, 15) is 17.6 Å². The van der Waals surface area contributed by atoms with Crippen molar-refractivity contribution in [3.8, 4) is 11.5 Å². The molecule has 2 heterocycles. The fourth-order valence-electron chi connectivity index (χ4n) is 5.34. The Kier molecular flexibility index (Phi) is 9.73. The second kappa shape index (κ2) is 13.6. The second-order valence-electron chi connectivity index (χ2n) is 10.9. The molecule has 11 heteroatoms. The van der Waals surface area contributed by atoms with Crippen LogP contribution in [0.5, 0.6) is 11.5 Å². The van der Waals surface area contributed by atoms with Gasteiger partial charge in [-0.1, -0.05) is 12.1 Å². The molecule has 224 valence electrons. The van der Waals surface area contributed by atoms with Gasteiger partial charge in [-0.2, -0.15) is 0 Å². The van der Waals surface area contributed by atoms with Crippen molar-refractivity contribution in [1.29, 1.82) is 0 Å². The van der Waals surface area contributed by atoms with Gasteiger partial charge in [-0.15, -0.1) is 0 Å². The summed E-state index contributed by atoms with van der Waals surface area (Å²) in [4.78, 5) is 15.1. The van der Waals surface area contributed by atoms with Crippen LogP contribution >= 0.6 is 0 Å². The summed E-state index contributed by atoms with van der Waals surface area (Å²) in [6, 6.07) is 21.2. The number of sulfonamides is 1. The minimum Gasteiger partial charge on any atom is -0.457 e. The zero-order valence-corrected chi connectivity index (χ0v) is 24.4. The van der Waals surface area contributed by atoms with Crippen molar-refractivity contribution in [3.63, 3.8) is 0 Å². The van der Waals surface area contributed by atoms with Crippen molar-refractivity contribution in [2.24, 2.45) is 0 Å². The third-order valence-electron chi connectivity index (χ3n) is 7.47. The van der Waals surface area contributed by atoms with Gasteiger partial charge in [-0.3, -0.25) is 14.4 Å². The van der Waals surface area contributed by atoms with Crippen LogP contribution in [0.2, 0.25) is 0 Å². The lowest BCUT2D eigenvalue weighted by atomic mass is 9.98. The minimum atomic E-state index is -3.32. The SMILES string of the molecule is CS(=O)(=O)Nc1ccc(Oc2ccc(CN3CCC(NC4CCOC(C(=O)Nc5ccc(F)cc5)C4)CC3)cc2)cc1. The standard InChI is InChI=1S/C31H37FN4O5S/c1-42(38,39)35-26-8-12-29(13-9-26)41-28-10-2-22(3-11-28)21-36-17-14-25(15-18-36)33-27-16-19-40-30(20-27)31(37)34-24-6-4-23(32)5-7-24/h2-13,25,27,30,33,35H,14-21H2,1H3,(H,34,37). The molecule has 2 saturated heterocycles. The monoisotopic (exact) mass is 596 g/mol. The zero-order valence-electron chi connectivity index (χ0n) is 23.6. The number of piperidine rings is 1. The molecule has 1 amide bonds. The molecule has 5 rings (SSSR count). The number of hydrogen-bond donors (Lipinski definition) is 3. The summed E-state index contributed by atoms with van der Waals surface area (Å²) in [6.07, 6.45) is 4.15. The van der Waals surface area contributed by atoms with Gasteiger partial charge in [0.25, 0.3) is 5.91 Å². The summed E-state index contributed by atoms with van der Waals surface area (Å²) in [5, 5.41) is 6.58. The number of ether oxygens (including phenoxy) is 2. The van der Waals surface area contributed by atoms with E-state index in [-0.39, 0.29) is 17.8 Å². The maximum atomic E-state index is 13.1. The van der Waals surface area contributed by atoms with E-state index >= 15 is 0 Å². The summed E-state index contributed by atoms with van der Waals surface area (Å²) < 4.78 is 49.9. The third-order valence-corrected chi connectivity index (χ3v) is 8.08. The van der Waals surface area contributed by atoms with Crippen LogP contribution in [0.25, 0.3) is 0 Å². The summed E-state index contributed by atoms with van der Waals surface area (Å²) in [7, 11) is -3.32. The van der Waals surface area contributed by atoms with Gasteiger partial charge in [0.2, 0.25) is 10.0 Å². The van der Waals surface area contributed by atoms with E-state index in [1.54, 1.807) is 36.4 Å². The van der Waals surface area contributed by atoms with Gasteiger partial charge in [0.05, 0.1) is 6.26 Å². The Hall–Kier alpha value is -3.51. The molecule has 3 N–H and O–H groups in total. The van der Waals surface area contributed by atoms with E-state index in [0.717, 1.165) is 45.2 Å². The number of benzene rings is 3. The molecule has 0 bridgehead atoms. The molecule has 2 fully saturated rings. The number of anilines is 2. The maximum absolute atomic E-state index is 13.1. The number of halogens is 1. The van der Waals surface area contributed by atoms with E-state index in [2.05, 4.69) is 32.4 Å². The van der Waals surface area contributed by atoms with Crippen molar-refractivity contribution in [3.05, 3.63) is 84.2 Å². The first-order valence-corrected chi connectivity index (χ1v) is 16.1. The number of nitrogens with zero attached hydrogens (tertiary/aromatic N) is 1. The summed E-state index contributed by atoms with van der Waals surface area (Å²) >= 11 is 0. The smallest absolute Gasteiger partial charge is 0.253 e. The molecule has 0 aromatic heterocycles. The molecular weight excluding hydrogens is 559 g/mol. The van der Waals surface area contributed by atoms with E-state index < -0.39 is 16.1 Å². The van der Waals surface area contributed by atoms with Gasteiger partial charge < -0.3 is 20.1 Å². The van der Waals surface area contributed by atoms with Crippen molar-refractivity contribution in [2.75, 3.05) is 36.0 Å². The first-order chi connectivity index (χ1) is 20.2. The van der Waals surface area contributed by atoms with E-state index in [0.29, 0.717) is 41.9 Å². The Morgan fingerprint density at radius 2 is 1.52 bits per heavy atom. The van der Waals surface area contributed by atoms with Crippen LogP contribution in [0.4, 0.5) is 15.8 Å².